The van der Waals surface area contributed by atoms with Crippen LogP contribution in [0.1, 0.15) is 59.3 Å². The van der Waals surface area contributed by atoms with Crippen LogP contribution in [0.5, 0.6) is 0 Å². The molecule has 0 aliphatic heterocycles. The summed E-state index contributed by atoms with van der Waals surface area (Å²) in [6, 6.07) is 44.9. The Labute approximate surface area is 186 Å². The fourth-order valence-corrected chi connectivity index (χ4v) is 5.98. The van der Waals surface area contributed by atoms with Crippen molar-refractivity contribution in [2.24, 2.45) is 5.92 Å². The van der Waals surface area contributed by atoms with Gasteiger partial charge in [0, 0.05) is 0 Å². The van der Waals surface area contributed by atoms with Gasteiger partial charge in [-0.15, -0.1) is 0 Å². The molecule has 1 fully saturated rings. The van der Waals surface area contributed by atoms with Crippen LogP contribution in [0, 0.1) is 5.92 Å². The van der Waals surface area contributed by atoms with Crippen molar-refractivity contribution >= 4 is 0 Å². The van der Waals surface area contributed by atoms with E-state index in [0.717, 1.165) is 0 Å². The number of benzene rings is 4. The van der Waals surface area contributed by atoms with Crippen LogP contribution in [-0.4, -0.2) is 0 Å². The van der Waals surface area contributed by atoms with Crippen LogP contribution >= 0.6 is 0 Å². The third-order valence-electron chi connectivity index (χ3n) is 7.23. The summed E-state index contributed by atoms with van der Waals surface area (Å²) in [4.78, 5) is 0. The summed E-state index contributed by atoms with van der Waals surface area (Å²) in [5, 5.41) is 0. The zero-order valence-electron chi connectivity index (χ0n) is 18.1. The summed E-state index contributed by atoms with van der Waals surface area (Å²) in [6.07, 6.45) is 1.20. The number of hydrogen-bond donors (Lipinski definition) is 0. The van der Waals surface area contributed by atoms with Gasteiger partial charge < -0.3 is 0 Å². The monoisotopic (exact) mass is 402 g/mol. The predicted octanol–water partition coefficient (Wildman–Crippen LogP) is 8.16. The standard InChI is InChI=1S/C31H30/c1-23-22-28(24-14-6-2-7-15-24)30(26-18-10-4-11-19-26)31(27-20-12-5-13-21-27)29(23)25-16-8-3-9-17-25/h2-21,23,28-31H,22H2,1H3/t23-,28+,29+,30+,31-/m1/s1. The van der Waals surface area contributed by atoms with Gasteiger partial charge in [-0.2, -0.15) is 0 Å². The van der Waals surface area contributed by atoms with Gasteiger partial charge in [0.2, 0.25) is 0 Å². The van der Waals surface area contributed by atoms with Gasteiger partial charge in [-0.3, -0.25) is 0 Å². The molecule has 0 unspecified atom stereocenters. The smallest absolute Gasteiger partial charge is 0.00158 e. The van der Waals surface area contributed by atoms with Gasteiger partial charge in [-0.25, -0.2) is 0 Å². The summed E-state index contributed by atoms with van der Waals surface area (Å²) >= 11 is 0. The highest BCUT2D eigenvalue weighted by Crippen LogP contribution is 2.59. The minimum Gasteiger partial charge on any atom is -0.0622 e. The Bertz CT molecular complexity index is 1070. The van der Waals surface area contributed by atoms with Crippen LogP contribution in [0.3, 0.4) is 0 Å². The normalized spacial score (nSPS) is 25.8. The van der Waals surface area contributed by atoms with Crippen molar-refractivity contribution in [3.8, 4) is 0 Å². The van der Waals surface area contributed by atoms with Crippen molar-refractivity contribution in [1.82, 2.24) is 0 Å². The topological polar surface area (TPSA) is 0 Å². The van der Waals surface area contributed by atoms with Gasteiger partial charge in [0.05, 0.1) is 0 Å². The summed E-state index contributed by atoms with van der Waals surface area (Å²) in [7, 11) is 0. The van der Waals surface area contributed by atoms with Crippen LogP contribution in [-0.2, 0) is 0 Å². The summed E-state index contributed by atoms with van der Waals surface area (Å²) in [5.41, 5.74) is 5.85. The van der Waals surface area contributed by atoms with Crippen LogP contribution < -0.4 is 0 Å². The molecule has 0 aromatic heterocycles. The molecule has 0 radical (unpaired) electrons. The zero-order valence-corrected chi connectivity index (χ0v) is 18.1. The molecular weight excluding hydrogens is 372 g/mol. The molecule has 0 saturated heterocycles. The summed E-state index contributed by atoms with van der Waals surface area (Å²) in [6.45, 7) is 2.46. The Morgan fingerprint density at radius 3 is 1.23 bits per heavy atom. The average Bonchev–Trinajstić information content (AvgIpc) is 2.85. The molecule has 0 bridgehead atoms. The second-order valence-electron chi connectivity index (χ2n) is 9.04. The van der Waals surface area contributed by atoms with E-state index in [1.54, 1.807) is 0 Å². The summed E-state index contributed by atoms with van der Waals surface area (Å²) in [5.74, 6) is 2.46. The van der Waals surface area contributed by atoms with Crippen LogP contribution in [0.4, 0.5) is 0 Å². The predicted molar refractivity (Wildman–Crippen MR) is 131 cm³/mol. The molecule has 1 aliphatic carbocycles. The Morgan fingerprint density at radius 2 is 0.774 bits per heavy atom. The molecule has 154 valence electrons. The third kappa shape index (κ3) is 3.95. The van der Waals surface area contributed by atoms with Crippen molar-refractivity contribution in [2.45, 2.75) is 37.0 Å². The second-order valence-corrected chi connectivity index (χ2v) is 9.04. The molecule has 5 atom stereocenters. The third-order valence-corrected chi connectivity index (χ3v) is 7.23. The largest absolute Gasteiger partial charge is 0.0622 e. The SMILES string of the molecule is C[C@@H]1C[C@@H](c2ccccc2)[C@H](c2ccccc2)[C@H](c2ccccc2)[C@@H]1c1ccccc1. The van der Waals surface area contributed by atoms with Gasteiger partial charge >= 0.3 is 0 Å². The van der Waals surface area contributed by atoms with Crippen molar-refractivity contribution in [1.29, 1.82) is 0 Å². The molecule has 0 amide bonds. The Morgan fingerprint density at radius 1 is 0.419 bits per heavy atom. The first-order chi connectivity index (χ1) is 15.3. The molecule has 5 rings (SSSR count). The molecular formula is C31H30. The molecule has 1 saturated carbocycles. The van der Waals surface area contributed by atoms with Gasteiger partial charge in [0.15, 0.2) is 0 Å². The van der Waals surface area contributed by atoms with E-state index >= 15 is 0 Å². The Hall–Kier alpha value is -3.12. The van der Waals surface area contributed by atoms with Crippen molar-refractivity contribution in [3.63, 3.8) is 0 Å². The highest BCUT2D eigenvalue weighted by molar-refractivity contribution is 5.40. The highest BCUT2D eigenvalue weighted by Gasteiger charge is 2.45. The molecule has 0 heteroatoms. The van der Waals surface area contributed by atoms with Crippen molar-refractivity contribution < 1.29 is 0 Å². The molecule has 0 spiro atoms. The number of hydrogen-bond acceptors (Lipinski definition) is 0. The highest BCUT2D eigenvalue weighted by atomic mass is 14.5. The maximum absolute atomic E-state index is 2.46. The van der Waals surface area contributed by atoms with E-state index < -0.39 is 0 Å². The minimum absolute atomic E-state index is 0.431. The van der Waals surface area contributed by atoms with Crippen LogP contribution in [0.2, 0.25) is 0 Å². The molecule has 0 N–H and O–H groups in total. The second kappa shape index (κ2) is 8.94. The maximum atomic E-state index is 2.46. The van der Waals surface area contributed by atoms with Crippen molar-refractivity contribution in [3.05, 3.63) is 144 Å². The maximum Gasteiger partial charge on any atom is -0.00158 e. The minimum atomic E-state index is 0.431. The Kier molecular flexibility index (Phi) is 5.71. The first-order valence-electron chi connectivity index (χ1n) is 11.5. The summed E-state index contributed by atoms with van der Waals surface area (Å²) < 4.78 is 0. The lowest BCUT2D eigenvalue weighted by molar-refractivity contribution is 0.227. The van der Waals surface area contributed by atoms with Crippen LogP contribution in [0.15, 0.2) is 121 Å². The van der Waals surface area contributed by atoms with Gasteiger partial charge in [-0.05, 0) is 58.3 Å². The van der Waals surface area contributed by atoms with E-state index in [-0.39, 0.29) is 0 Å². The average molecular weight is 403 g/mol. The first kappa shape index (κ1) is 19.8. The molecule has 1 aliphatic rings. The Balaban J connectivity index is 1.71. The molecule has 0 heterocycles. The van der Waals surface area contributed by atoms with Gasteiger partial charge in [0.1, 0.15) is 0 Å². The fraction of sp³-hybridized carbons (Fsp3) is 0.226. The molecule has 0 nitrogen and oxygen atoms in total. The van der Waals surface area contributed by atoms with E-state index in [9.17, 15) is 0 Å². The van der Waals surface area contributed by atoms with Crippen LogP contribution in [0.25, 0.3) is 0 Å². The first-order valence-corrected chi connectivity index (χ1v) is 11.5. The lowest BCUT2D eigenvalue weighted by atomic mass is 9.56. The van der Waals surface area contributed by atoms with E-state index in [1.807, 2.05) is 0 Å². The quantitative estimate of drug-likeness (QED) is 0.323. The molecule has 31 heavy (non-hydrogen) atoms. The molecule has 4 aromatic carbocycles. The van der Waals surface area contributed by atoms with Gasteiger partial charge in [-0.1, -0.05) is 128 Å². The van der Waals surface area contributed by atoms with Crippen molar-refractivity contribution in [2.75, 3.05) is 0 Å². The molecule has 4 aromatic rings. The number of rotatable bonds is 4. The van der Waals surface area contributed by atoms with E-state index in [1.165, 1.54) is 28.7 Å². The zero-order chi connectivity index (χ0) is 21.0. The van der Waals surface area contributed by atoms with E-state index in [4.69, 9.17) is 0 Å². The van der Waals surface area contributed by atoms with E-state index in [0.29, 0.717) is 29.6 Å². The lowest BCUT2D eigenvalue weighted by Crippen LogP contribution is -2.34. The fourth-order valence-electron chi connectivity index (χ4n) is 5.98. The van der Waals surface area contributed by atoms with Gasteiger partial charge in [0.25, 0.3) is 0 Å². The lowest BCUT2D eigenvalue weighted by Gasteiger charge is -2.48. The van der Waals surface area contributed by atoms with E-state index in [2.05, 4.69) is 128 Å².